The van der Waals surface area contributed by atoms with Gasteiger partial charge in [0.05, 0.1) is 32.1 Å². The van der Waals surface area contributed by atoms with Crippen molar-refractivity contribution in [3.05, 3.63) is 36.0 Å². The number of nitrogens with zero attached hydrogens (tertiary/aromatic N) is 3. The van der Waals surface area contributed by atoms with Gasteiger partial charge in [0.2, 0.25) is 0 Å². The molecule has 1 fully saturated rings. The molecule has 2 N–H and O–H groups in total. The molecule has 0 spiro atoms. The molecule has 1 amide bonds. The zero-order valence-electron chi connectivity index (χ0n) is 16.3. The summed E-state index contributed by atoms with van der Waals surface area (Å²) in [5, 5.41) is 14.1. The number of para-hydroxylation sites is 1. The molecule has 1 aromatic heterocycles. The number of benzene rings is 1. The Morgan fingerprint density at radius 1 is 1.46 bits per heavy atom. The fourth-order valence-corrected chi connectivity index (χ4v) is 3.08. The molecule has 1 aliphatic rings. The van der Waals surface area contributed by atoms with E-state index in [9.17, 15) is 4.79 Å². The van der Waals surface area contributed by atoms with Crippen LogP contribution in [-0.2, 0) is 9.53 Å². The highest BCUT2D eigenvalue weighted by molar-refractivity contribution is 5.94. The number of aromatic nitrogens is 2. The normalized spacial score (nSPS) is 16.3. The summed E-state index contributed by atoms with van der Waals surface area (Å²) in [4.78, 5) is 25.2. The van der Waals surface area contributed by atoms with Gasteiger partial charge in [-0.05, 0) is 32.3 Å². The first-order valence-corrected chi connectivity index (χ1v) is 8.81. The van der Waals surface area contributed by atoms with E-state index in [4.69, 9.17) is 19.4 Å². The highest BCUT2D eigenvalue weighted by Crippen LogP contribution is 2.28. The second kappa shape index (κ2) is 10.4. The average Bonchev–Trinajstić information content (AvgIpc) is 3.18. The van der Waals surface area contributed by atoms with Gasteiger partial charge in [-0.15, -0.1) is 0 Å². The Labute approximate surface area is 163 Å². The first-order valence-electron chi connectivity index (χ1n) is 8.81. The Bertz CT molecular complexity index is 777. The summed E-state index contributed by atoms with van der Waals surface area (Å²) in [5.74, 6) is 0.675. The van der Waals surface area contributed by atoms with E-state index in [0.29, 0.717) is 31.1 Å². The van der Waals surface area contributed by atoms with Crippen molar-refractivity contribution in [3.8, 4) is 17.0 Å². The minimum absolute atomic E-state index is 0.0364. The number of hydrogen-bond acceptors (Lipinski definition) is 6. The molecule has 0 saturated carbocycles. The number of rotatable bonds is 5. The molecular weight excluding hydrogens is 364 g/mol. The molecule has 0 radical (unpaired) electrons. The van der Waals surface area contributed by atoms with Crippen molar-refractivity contribution in [1.82, 2.24) is 20.0 Å². The monoisotopic (exact) mass is 390 g/mol. The molecule has 9 heteroatoms. The molecule has 1 atom stereocenters. The molecule has 0 bridgehead atoms. The Hall–Kier alpha value is -2.91. The lowest BCUT2D eigenvalue weighted by atomic mass is 10.1. The summed E-state index contributed by atoms with van der Waals surface area (Å²) in [7, 11) is 5.61. The molecule has 9 nitrogen and oxygen atoms in total. The van der Waals surface area contributed by atoms with Crippen LogP contribution in [0.2, 0.25) is 0 Å². The van der Waals surface area contributed by atoms with Crippen molar-refractivity contribution in [3.63, 3.8) is 0 Å². The Morgan fingerprint density at radius 2 is 2.18 bits per heavy atom. The van der Waals surface area contributed by atoms with E-state index in [1.54, 1.807) is 13.2 Å². The van der Waals surface area contributed by atoms with E-state index >= 15 is 0 Å². The van der Waals surface area contributed by atoms with Crippen LogP contribution in [0.3, 0.4) is 0 Å². The second-order valence-electron chi connectivity index (χ2n) is 6.46. The smallest absolute Gasteiger partial charge is 0.290 e. The first-order chi connectivity index (χ1) is 13.5. The van der Waals surface area contributed by atoms with Crippen LogP contribution in [0.4, 0.5) is 0 Å². The number of likely N-dealkylation sites (N-methyl/N-ethyl adjacent to an activating group) is 1. The quantitative estimate of drug-likeness (QED) is 0.738. The van der Waals surface area contributed by atoms with Crippen molar-refractivity contribution in [1.29, 1.82) is 0 Å². The molecule has 0 aliphatic carbocycles. The van der Waals surface area contributed by atoms with Gasteiger partial charge in [-0.25, -0.2) is 0 Å². The first kappa shape index (κ1) is 21.4. The van der Waals surface area contributed by atoms with Gasteiger partial charge < -0.3 is 24.4 Å². The number of nitrogens with one attached hydrogen (secondary N) is 1. The molecular formula is C19H26N4O5. The van der Waals surface area contributed by atoms with Crippen molar-refractivity contribution >= 4 is 12.4 Å². The summed E-state index contributed by atoms with van der Waals surface area (Å²) in [6.07, 6.45) is 0. The van der Waals surface area contributed by atoms with Crippen molar-refractivity contribution < 1.29 is 24.2 Å². The summed E-state index contributed by atoms with van der Waals surface area (Å²) in [5.41, 5.74) is 2.02. The number of morpholine rings is 1. The molecule has 1 aromatic carbocycles. The number of ether oxygens (including phenoxy) is 2. The predicted octanol–water partition coefficient (Wildman–Crippen LogP) is 1.19. The van der Waals surface area contributed by atoms with Gasteiger partial charge in [-0.2, -0.15) is 5.10 Å². The molecule has 1 unspecified atom stereocenters. The van der Waals surface area contributed by atoms with Gasteiger partial charge in [-0.3, -0.25) is 14.7 Å². The zero-order chi connectivity index (χ0) is 20.5. The van der Waals surface area contributed by atoms with Crippen LogP contribution >= 0.6 is 0 Å². The van der Waals surface area contributed by atoms with Crippen molar-refractivity contribution in [2.24, 2.45) is 0 Å². The van der Waals surface area contributed by atoms with Crippen LogP contribution in [0.5, 0.6) is 5.75 Å². The number of methoxy groups -OCH3 is 1. The fourth-order valence-electron chi connectivity index (χ4n) is 3.08. The van der Waals surface area contributed by atoms with Crippen LogP contribution < -0.4 is 4.74 Å². The lowest BCUT2D eigenvalue weighted by Crippen LogP contribution is -2.52. The van der Waals surface area contributed by atoms with Gasteiger partial charge in [0.25, 0.3) is 12.4 Å². The molecule has 28 heavy (non-hydrogen) atoms. The summed E-state index contributed by atoms with van der Waals surface area (Å²) < 4.78 is 10.9. The largest absolute Gasteiger partial charge is 0.496 e. The summed E-state index contributed by atoms with van der Waals surface area (Å²) in [6.45, 7) is 2.21. The van der Waals surface area contributed by atoms with E-state index in [1.807, 2.05) is 43.3 Å². The minimum atomic E-state index is -0.250. The third-order valence-electron chi connectivity index (χ3n) is 4.26. The highest BCUT2D eigenvalue weighted by atomic mass is 16.5. The minimum Gasteiger partial charge on any atom is -0.496 e. The number of hydrogen-bond donors (Lipinski definition) is 2. The highest BCUT2D eigenvalue weighted by Gasteiger charge is 2.29. The maximum Gasteiger partial charge on any atom is 0.290 e. The SMILES string of the molecule is COc1ccccc1-c1cc(C(=O)N2CCOCC2CN(C)C)[nH]n1.O=CO. The van der Waals surface area contributed by atoms with Gasteiger partial charge in [0.1, 0.15) is 11.4 Å². The van der Waals surface area contributed by atoms with Crippen LogP contribution in [-0.4, -0.2) is 91.0 Å². The fraction of sp³-hybridized carbons (Fsp3) is 0.421. The molecule has 1 aliphatic heterocycles. The number of carbonyl (C=O) groups is 2. The van der Waals surface area contributed by atoms with Crippen LogP contribution in [0.25, 0.3) is 11.3 Å². The molecule has 3 rings (SSSR count). The van der Waals surface area contributed by atoms with E-state index in [-0.39, 0.29) is 18.4 Å². The molecule has 152 valence electrons. The topological polar surface area (TPSA) is 108 Å². The van der Waals surface area contributed by atoms with Gasteiger partial charge in [0, 0.05) is 18.7 Å². The zero-order valence-corrected chi connectivity index (χ0v) is 16.3. The lowest BCUT2D eigenvalue weighted by Gasteiger charge is -2.36. The predicted molar refractivity (Wildman–Crippen MR) is 103 cm³/mol. The molecule has 2 heterocycles. The summed E-state index contributed by atoms with van der Waals surface area (Å²) >= 11 is 0. The third kappa shape index (κ3) is 5.30. The number of aromatic amines is 1. The third-order valence-corrected chi connectivity index (χ3v) is 4.26. The van der Waals surface area contributed by atoms with Crippen molar-refractivity contribution in [2.45, 2.75) is 6.04 Å². The Balaban J connectivity index is 0.000000878. The van der Waals surface area contributed by atoms with E-state index in [0.717, 1.165) is 17.9 Å². The maximum atomic E-state index is 12.9. The van der Waals surface area contributed by atoms with E-state index in [2.05, 4.69) is 15.1 Å². The van der Waals surface area contributed by atoms with Gasteiger partial charge in [-0.1, -0.05) is 12.1 Å². The molecule has 2 aromatic rings. The summed E-state index contributed by atoms with van der Waals surface area (Å²) in [6, 6.07) is 9.44. The number of H-pyrrole nitrogens is 1. The second-order valence-corrected chi connectivity index (χ2v) is 6.46. The van der Waals surface area contributed by atoms with Crippen molar-refractivity contribution in [2.75, 3.05) is 47.5 Å². The van der Waals surface area contributed by atoms with Crippen LogP contribution in [0.15, 0.2) is 30.3 Å². The average molecular weight is 390 g/mol. The van der Waals surface area contributed by atoms with Gasteiger partial charge >= 0.3 is 0 Å². The van der Waals surface area contributed by atoms with E-state index in [1.165, 1.54) is 0 Å². The van der Waals surface area contributed by atoms with Gasteiger partial charge in [0.15, 0.2) is 0 Å². The number of amides is 1. The van der Waals surface area contributed by atoms with Crippen LogP contribution in [0, 0.1) is 0 Å². The van der Waals surface area contributed by atoms with E-state index < -0.39 is 0 Å². The Morgan fingerprint density at radius 3 is 2.86 bits per heavy atom. The lowest BCUT2D eigenvalue weighted by molar-refractivity contribution is -0.122. The standard InChI is InChI=1S/C18H24N4O3.CH2O2/c1-21(2)11-13-12-25-9-8-22(13)18(23)16-10-15(19-20-16)14-6-4-5-7-17(14)24-3;2-1-3/h4-7,10,13H,8-9,11-12H2,1-3H3,(H,19,20);1H,(H,2,3). The van der Waals surface area contributed by atoms with Crippen LogP contribution in [0.1, 0.15) is 10.5 Å². The number of carboxylic acid groups (broad SMARTS) is 1. The number of carbonyl (C=O) groups excluding carboxylic acids is 1. The molecule has 1 saturated heterocycles. The maximum absolute atomic E-state index is 12.9. The Kier molecular flexibility index (Phi) is 7.97.